The molecule has 24 heavy (non-hydrogen) atoms. The van der Waals surface area contributed by atoms with Crippen LogP contribution in [0.15, 0.2) is 36.4 Å². The molecule has 0 spiro atoms. The van der Waals surface area contributed by atoms with Gasteiger partial charge in [0.05, 0.1) is 18.2 Å². The van der Waals surface area contributed by atoms with Gasteiger partial charge < -0.3 is 19.9 Å². The molecule has 0 saturated carbocycles. The number of ether oxygens (including phenoxy) is 2. The summed E-state index contributed by atoms with van der Waals surface area (Å²) in [5.41, 5.74) is 3.32. The molecule has 0 heterocycles. The van der Waals surface area contributed by atoms with E-state index in [0.717, 1.165) is 17.7 Å². The van der Waals surface area contributed by atoms with Gasteiger partial charge >= 0.3 is 0 Å². The third kappa shape index (κ3) is 5.41. The third-order valence-electron chi connectivity index (χ3n) is 3.68. The Morgan fingerprint density at radius 3 is 2.50 bits per heavy atom. The maximum absolute atomic E-state index is 9.32. The fourth-order valence-electron chi connectivity index (χ4n) is 2.36. The Morgan fingerprint density at radius 2 is 1.88 bits per heavy atom. The third-order valence-corrected chi connectivity index (χ3v) is 3.96. The van der Waals surface area contributed by atoms with Crippen LogP contribution in [0.2, 0.25) is 5.02 Å². The van der Waals surface area contributed by atoms with Crippen molar-refractivity contribution in [2.24, 2.45) is 0 Å². The van der Waals surface area contributed by atoms with Gasteiger partial charge in [0.1, 0.15) is 19.7 Å². The Morgan fingerprint density at radius 1 is 1.17 bits per heavy atom. The van der Waals surface area contributed by atoms with Gasteiger partial charge in [0, 0.05) is 5.56 Å². The normalized spacial score (nSPS) is 12.0. The first-order valence-electron chi connectivity index (χ1n) is 8.04. The first-order valence-corrected chi connectivity index (χ1v) is 8.42. The van der Waals surface area contributed by atoms with E-state index in [1.807, 2.05) is 29.6 Å². The fourth-order valence-corrected chi connectivity index (χ4v) is 2.65. The van der Waals surface area contributed by atoms with Gasteiger partial charge in [-0.3, -0.25) is 0 Å². The van der Waals surface area contributed by atoms with Crippen LogP contribution in [0.4, 0.5) is 0 Å². The minimum absolute atomic E-state index is 0.334. The quantitative estimate of drug-likeness (QED) is 0.769. The summed E-state index contributed by atoms with van der Waals surface area (Å²) in [6.45, 7) is 5.62. The number of quaternary nitrogens is 1. The summed E-state index contributed by atoms with van der Waals surface area (Å²) in [6, 6.07) is 12.0. The highest BCUT2D eigenvalue weighted by Gasteiger charge is 2.13. The van der Waals surface area contributed by atoms with Crippen LogP contribution < -0.4 is 14.8 Å². The molecule has 4 nitrogen and oxygen atoms in total. The number of nitrogens with two attached hydrogens (primary N) is 1. The summed E-state index contributed by atoms with van der Waals surface area (Å²) in [7, 11) is 1.60. The van der Waals surface area contributed by atoms with Gasteiger partial charge in [-0.25, -0.2) is 0 Å². The lowest BCUT2D eigenvalue weighted by molar-refractivity contribution is -0.676. The summed E-state index contributed by atoms with van der Waals surface area (Å²) in [5.74, 6) is 1.18. The number of benzene rings is 2. The zero-order chi connectivity index (χ0) is 17.5. The summed E-state index contributed by atoms with van der Waals surface area (Å²) in [4.78, 5) is 0. The van der Waals surface area contributed by atoms with Crippen LogP contribution in [0.3, 0.4) is 0 Å². The molecular formula is C19H25ClNO3+. The summed E-state index contributed by atoms with van der Waals surface area (Å²) in [5, 5.41) is 11.9. The number of halogens is 1. The molecule has 0 unspecified atom stereocenters. The van der Waals surface area contributed by atoms with Gasteiger partial charge in [-0.1, -0.05) is 41.4 Å². The van der Waals surface area contributed by atoms with E-state index in [-0.39, 0.29) is 6.10 Å². The van der Waals surface area contributed by atoms with Gasteiger partial charge in [-0.05, 0) is 31.5 Å². The van der Waals surface area contributed by atoms with Crippen LogP contribution in [-0.2, 0) is 13.2 Å². The maximum atomic E-state index is 9.32. The van der Waals surface area contributed by atoms with Gasteiger partial charge in [-0.15, -0.1) is 0 Å². The van der Waals surface area contributed by atoms with Crippen molar-refractivity contribution in [3.8, 4) is 11.5 Å². The number of aryl methyl sites for hydroxylation is 1. The smallest absolute Gasteiger partial charge is 0.180 e. The number of hydrogen-bond acceptors (Lipinski definition) is 3. The molecule has 1 atom stereocenters. The lowest BCUT2D eigenvalue weighted by Crippen LogP contribution is -2.84. The lowest BCUT2D eigenvalue weighted by Gasteiger charge is -2.14. The topological polar surface area (TPSA) is 55.3 Å². The van der Waals surface area contributed by atoms with E-state index in [2.05, 4.69) is 19.1 Å². The molecule has 3 N–H and O–H groups in total. The molecule has 0 bridgehead atoms. The molecule has 0 amide bonds. The van der Waals surface area contributed by atoms with Gasteiger partial charge in [-0.2, -0.15) is 0 Å². The Balaban J connectivity index is 2.07. The Labute approximate surface area is 148 Å². The van der Waals surface area contributed by atoms with Crippen molar-refractivity contribution in [2.75, 3.05) is 13.7 Å². The second-order valence-electron chi connectivity index (χ2n) is 5.96. The molecular weight excluding hydrogens is 326 g/mol. The average molecular weight is 351 g/mol. The van der Waals surface area contributed by atoms with Crippen molar-refractivity contribution >= 4 is 11.6 Å². The average Bonchev–Trinajstić information content (AvgIpc) is 2.54. The summed E-state index contributed by atoms with van der Waals surface area (Å²) in [6.07, 6.45) is -0.334. The molecule has 5 heteroatoms. The molecule has 0 aliphatic carbocycles. The first-order chi connectivity index (χ1) is 11.5. The van der Waals surface area contributed by atoms with Crippen molar-refractivity contribution in [1.29, 1.82) is 0 Å². The number of hydrogen-bond donors (Lipinski definition) is 2. The minimum atomic E-state index is -0.334. The van der Waals surface area contributed by atoms with E-state index in [1.54, 1.807) is 14.0 Å². The van der Waals surface area contributed by atoms with Gasteiger partial charge in [0.2, 0.25) is 0 Å². The van der Waals surface area contributed by atoms with Crippen LogP contribution in [0, 0.1) is 6.92 Å². The first kappa shape index (κ1) is 18.6. The van der Waals surface area contributed by atoms with Gasteiger partial charge in [0.25, 0.3) is 0 Å². The molecule has 0 aliphatic heterocycles. The number of aliphatic hydroxyl groups excluding tert-OH is 1. The Kier molecular flexibility index (Phi) is 6.91. The monoisotopic (exact) mass is 350 g/mol. The van der Waals surface area contributed by atoms with Crippen LogP contribution in [0.5, 0.6) is 11.5 Å². The van der Waals surface area contributed by atoms with Crippen LogP contribution in [0.1, 0.15) is 23.6 Å². The van der Waals surface area contributed by atoms with Crippen LogP contribution in [0.25, 0.3) is 0 Å². The molecule has 0 aromatic heterocycles. The molecule has 2 aromatic carbocycles. The van der Waals surface area contributed by atoms with Crippen LogP contribution >= 0.6 is 11.6 Å². The molecule has 0 aliphatic rings. The Bertz CT molecular complexity index is 656. The van der Waals surface area contributed by atoms with Crippen molar-refractivity contribution < 1.29 is 19.9 Å². The van der Waals surface area contributed by atoms with Crippen LogP contribution in [-0.4, -0.2) is 24.9 Å². The highest BCUT2D eigenvalue weighted by molar-refractivity contribution is 6.32. The van der Waals surface area contributed by atoms with E-state index in [1.165, 1.54) is 5.56 Å². The van der Waals surface area contributed by atoms with Crippen molar-refractivity contribution in [2.45, 2.75) is 33.1 Å². The molecule has 0 radical (unpaired) electrons. The van der Waals surface area contributed by atoms with E-state index in [9.17, 15) is 5.11 Å². The zero-order valence-corrected chi connectivity index (χ0v) is 15.1. The van der Waals surface area contributed by atoms with Crippen molar-refractivity contribution in [1.82, 2.24) is 0 Å². The second-order valence-corrected chi connectivity index (χ2v) is 6.37. The highest BCUT2D eigenvalue weighted by Crippen LogP contribution is 2.36. The van der Waals surface area contributed by atoms with Crippen molar-refractivity contribution in [3.05, 3.63) is 58.1 Å². The molecule has 2 aromatic rings. The minimum Gasteiger partial charge on any atom is -0.493 e. The van der Waals surface area contributed by atoms with Gasteiger partial charge in [0.15, 0.2) is 11.5 Å². The highest BCUT2D eigenvalue weighted by atomic mass is 35.5. The van der Waals surface area contributed by atoms with E-state index < -0.39 is 0 Å². The van der Waals surface area contributed by atoms with E-state index in [0.29, 0.717) is 29.7 Å². The predicted molar refractivity (Wildman–Crippen MR) is 95.7 cm³/mol. The molecule has 2 rings (SSSR count). The molecule has 0 saturated heterocycles. The molecule has 130 valence electrons. The summed E-state index contributed by atoms with van der Waals surface area (Å²) >= 11 is 6.38. The number of aliphatic hydroxyl groups is 1. The van der Waals surface area contributed by atoms with Crippen molar-refractivity contribution in [3.63, 3.8) is 0 Å². The number of methoxy groups -OCH3 is 1. The SMILES string of the molecule is COc1cc(C[NH2+]C[C@@H](C)O)cc(Cl)c1OCc1ccc(C)cc1. The second kappa shape index (κ2) is 8.92. The van der Waals surface area contributed by atoms with E-state index >= 15 is 0 Å². The number of rotatable bonds is 8. The maximum Gasteiger partial charge on any atom is 0.180 e. The summed E-state index contributed by atoms with van der Waals surface area (Å²) < 4.78 is 11.3. The molecule has 0 fully saturated rings. The fraction of sp³-hybridized carbons (Fsp3) is 0.368. The Hall–Kier alpha value is -1.75. The zero-order valence-electron chi connectivity index (χ0n) is 14.4. The largest absolute Gasteiger partial charge is 0.493 e. The predicted octanol–water partition coefficient (Wildman–Crippen LogP) is 2.68. The lowest BCUT2D eigenvalue weighted by atomic mass is 10.1. The van der Waals surface area contributed by atoms with E-state index in [4.69, 9.17) is 21.1 Å². The standard InChI is InChI=1S/C19H24ClNO3/c1-13-4-6-15(7-5-13)12-24-19-17(20)8-16(9-18(19)23-3)11-21-10-14(2)22/h4-9,14,21-22H,10-12H2,1-3H3/p+1/t14-/m1/s1.